The highest BCUT2D eigenvalue weighted by atomic mass is 35.5. The lowest BCUT2D eigenvalue weighted by atomic mass is 10.1. The molecule has 1 atom stereocenters. The molecule has 3 N–H and O–H groups in total. The molecule has 0 aliphatic carbocycles. The Morgan fingerprint density at radius 3 is 2.50 bits per heavy atom. The first kappa shape index (κ1) is 18.5. The second-order valence-corrected chi connectivity index (χ2v) is 5.69. The molecule has 0 aromatic heterocycles. The van der Waals surface area contributed by atoms with E-state index >= 15 is 0 Å². The van der Waals surface area contributed by atoms with Crippen molar-refractivity contribution in [2.24, 2.45) is 5.73 Å². The topological polar surface area (TPSA) is 67.6 Å². The summed E-state index contributed by atoms with van der Waals surface area (Å²) in [6.07, 6.45) is 0.0279. The maximum atomic E-state index is 11.9. The number of morpholine rings is 1. The lowest BCUT2D eigenvalue weighted by Gasteiger charge is -2.25. The zero-order chi connectivity index (χ0) is 16.2. The first-order valence-electron chi connectivity index (χ1n) is 7.43. The number of ether oxygens (including phenoxy) is 1. The fourth-order valence-corrected chi connectivity index (χ4v) is 2.86. The lowest BCUT2D eigenvalue weighted by molar-refractivity contribution is 0.0277. The number of nitrogens with one attached hydrogen (secondary N) is 1. The number of hydrogen-bond acceptors (Lipinski definition) is 3. The molecule has 2 aromatic carbocycles. The van der Waals surface area contributed by atoms with Crippen LogP contribution in [0.25, 0.3) is 0 Å². The predicted molar refractivity (Wildman–Crippen MR) is 98.4 cm³/mol. The number of urea groups is 1. The van der Waals surface area contributed by atoms with Crippen LogP contribution < -0.4 is 16.0 Å². The van der Waals surface area contributed by atoms with Gasteiger partial charge in [0.25, 0.3) is 0 Å². The van der Waals surface area contributed by atoms with Crippen molar-refractivity contribution in [3.63, 3.8) is 0 Å². The van der Waals surface area contributed by atoms with Crippen molar-refractivity contribution in [3.05, 3.63) is 59.1 Å². The highest BCUT2D eigenvalue weighted by molar-refractivity contribution is 6.34. The molecule has 7 heteroatoms. The molecule has 1 fully saturated rings. The molecular weight excluding hydrogens is 349 g/mol. The second-order valence-electron chi connectivity index (χ2n) is 5.28. The number of benzene rings is 2. The largest absolute Gasteiger partial charge is 0.371 e. The fourth-order valence-electron chi connectivity index (χ4n) is 2.64. The van der Waals surface area contributed by atoms with Gasteiger partial charge in [0.2, 0.25) is 0 Å². The van der Waals surface area contributed by atoms with E-state index in [-0.39, 0.29) is 18.5 Å². The van der Waals surface area contributed by atoms with E-state index in [1.54, 1.807) is 12.1 Å². The van der Waals surface area contributed by atoms with Crippen LogP contribution in [0.2, 0.25) is 5.02 Å². The van der Waals surface area contributed by atoms with Gasteiger partial charge in [-0.25, -0.2) is 4.79 Å². The smallest absolute Gasteiger partial charge is 0.323 e. The molecule has 24 heavy (non-hydrogen) atoms. The minimum atomic E-state index is -0.582. The number of nitrogens with two attached hydrogens (primary N) is 1. The summed E-state index contributed by atoms with van der Waals surface area (Å²) >= 11 is 6.19. The number of rotatable bonds is 3. The van der Waals surface area contributed by atoms with Gasteiger partial charge in [0, 0.05) is 13.1 Å². The van der Waals surface area contributed by atoms with E-state index in [0.29, 0.717) is 23.0 Å². The molecule has 1 unspecified atom stereocenters. The van der Waals surface area contributed by atoms with Crippen molar-refractivity contribution >= 4 is 41.4 Å². The van der Waals surface area contributed by atoms with E-state index in [4.69, 9.17) is 22.1 Å². The van der Waals surface area contributed by atoms with Gasteiger partial charge in [-0.05, 0) is 29.8 Å². The van der Waals surface area contributed by atoms with E-state index in [2.05, 4.69) is 5.32 Å². The third kappa shape index (κ3) is 3.99. The van der Waals surface area contributed by atoms with E-state index < -0.39 is 6.03 Å². The van der Waals surface area contributed by atoms with E-state index in [1.165, 1.54) is 4.90 Å². The molecule has 2 aromatic rings. The maximum Gasteiger partial charge on any atom is 0.323 e. The predicted octanol–water partition coefficient (Wildman–Crippen LogP) is 3.64. The zero-order valence-corrected chi connectivity index (χ0v) is 14.5. The minimum Gasteiger partial charge on any atom is -0.371 e. The third-order valence-electron chi connectivity index (χ3n) is 3.76. The van der Waals surface area contributed by atoms with Crippen LogP contribution in [0, 0.1) is 0 Å². The lowest BCUT2D eigenvalue weighted by Crippen LogP contribution is -2.33. The van der Waals surface area contributed by atoms with Gasteiger partial charge in [-0.1, -0.05) is 35.9 Å². The molecule has 3 rings (SSSR count). The Bertz CT molecular complexity index is 688. The number of carbonyl (C=O) groups excluding carboxylic acids is 1. The van der Waals surface area contributed by atoms with Crippen molar-refractivity contribution in [1.82, 2.24) is 5.32 Å². The average molecular weight is 368 g/mol. The monoisotopic (exact) mass is 367 g/mol. The summed E-state index contributed by atoms with van der Waals surface area (Å²) in [6.45, 7) is 2.35. The normalized spacial score (nSPS) is 17.0. The average Bonchev–Trinajstić information content (AvgIpc) is 2.58. The number of amides is 2. The van der Waals surface area contributed by atoms with Gasteiger partial charge in [-0.3, -0.25) is 4.90 Å². The number of para-hydroxylation sites is 1. The van der Waals surface area contributed by atoms with Gasteiger partial charge >= 0.3 is 6.03 Å². The number of nitrogens with zero attached hydrogens (tertiary/aromatic N) is 1. The van der Waals surface area contributed by atoms with Crippen LogP contribution in [0.4, 0.5) is 16.2 Å². The van der Waals surface area contributed by atoms with Crippen LogP contribution in [0.1, 0.15) is 11.7 Å². The molecule has 128 valence electrons. The fraction of sp³-hybridized carbons (Fsp3) is 0.235. The molecule has 0 spiro atoms. The van der Waals surface area contributed by atoms with Crippen molar-refractivity contribution in [2.45, 2.75) is 6.10 Å². The summed E-state index contributed by atoms with van der Waals surface area (Å²) in [5.74, 6) is 0. The van der Waals surface area contributed by atoms with Gasteiger partial charge in [0.1, 0.15) is 0 Å². The molecule has 5 nitrogen and oxygen atoms in total. The first-order chi connectivity index (χ1) is 11.2. The Labute approximate surface area is 152 Å². The summed E-state index contributed by atoms with van der Waals surface area (Å²) in [5, 5.41) is 3.76. The summed E-state index contributed by atoms with van der Waals surface area (Å²) in [6, 6.07) is 14.1. The van der Waals surface area contributed by atoms with Crippen molar-refractivity contribution in [3.8, 4) is 0 Å². The van der Waals surface area contributed by atoms with E-state index in [1.807, 2.05) is 36.4 Å². The Morgan fingerprint density at radius 2 is 1.92 bits per heavy atom. The van der Waals surface area contributed by atoms with Crippen LogP contribution >= 0.6 is 24.0 Å². The highest BCUT2D eigenvalue weighted by Crippen LogP contribution is 2.32. The Balaban J connectivity index is 0.00000208. The van der Waals surface area contributed by atoms with Crippen molar-refractivity contribution in [2.75, 3.05) is 24.6 Å². The molecule has 1 saturated heterocycles. The van der Waals surface area contributed by atoms with Gasteiger partial charge in [-0.15, -0.1) is 12.4 Å². The molecule has 1 aliphatic rings. The number of carbonyl (C=O) groups is 1. The highest BCUT2D eigenvalue weighted by Gasteiger charge is 2.19. The number of primary amides is 1. The second kappa shape index (κ2) is 8.35. The third-order valence-corrected chi connectivity index (χ3v) is 4.08. The Hall–Kier alpha value is -1.79. The van der Waals surface area contributed by atoms with Crippen LogP contribution in [-0.4, -0.2) is 25.7 Å². The van der Waals surface area contributed by atoms with Crippen LogP contribution in [0.15, 0.2) is 48.5 Å². The minimum absolute atomic E-state index is 0. The molecular formula is C17H19Cl2N3O2. The Morgan fingerprint density at radius 1 is 1.21 bits per heavy atom. The van der Waals surface area contributed by atoms with Gasteiger partial charge in [-0.2, -0.15) is 0 Å². The standard InChI is InChI=1S/C17H18ClN3O2.ClH/c18-14-3-1-2-4-15(14)21(17(19)22)13-7-5-12(6-8-13)16-11-20-9-10-23-16;/h1-8,16,20H,9-11H2,(H2,19,22);1H. The molecule has 0 saturated carbocycles. The summed E-state index contributed by atoms with van der Waals surface area (Å²) in [5.41, 5.74) is 7.83. The summed E-state index contributed by atoms with van der Waals surface area (Å²) in [7, 11) is 0. The molecule has 0 bridgehead atoms. The maximum absolute atomic E-state index is 11.9. The number of hydrogen-bond donors (Lipinski definition) is 2. The van der Waals surface area contributed by atoms with Gasteiger partial charge in [0.05, 0.1) is 29.1 Å². The SMILES string of the molecule is Cl.NC(=O)N(c1ccc(C2CNCCO2)cc1)c1ccccc1Cl. The Kier molecular flexibility index (Phi) is 6.45. The van der Waals surface area contributed by atoms with Crippen molar-refractivity contribution < 1.29 is 9.53 Å². The molecule has 2 amide bonds. The van der Waals surface area contributed by atoms with Gasteiger partial charge < -0.3 is 15.8 Å². The number of halogens is 2. The summed E-state index contributed by atoms with van der Waals surface area (Å²) in [4.78, 5) is 13.3. The number of anilines is 2. The molecule has 1 aliphatic heterocycles. The van der Waals surface area contributed by atoms with E-state index in [0.717, 1.165) is 18.7 Å². The van der Waals surface area contributed by atoms with Crippen molar-refractivity contribution in [1.29, 1.82) is 0 Å². The quantitative estimate of drug-likeness (QED) is 0.869. The van der Waals surface area contributed by atoms with Crippen LogP contribution in [-0.2, 0) is 4.74 Å². The van der Waals surface area contributed by atoms with Crippen LogP contribution in [0.5, 0.6) is 0 Å². The van der Waals surface area contributed by atoms with Crippen LogP contribution in [0.3, 0.4) is 0 Å². The first-order valence-corrected chi connectivity index (χ1v) is 7.81. The molecule has 1 heterocycles. The van der Waals surface area contributed by atoms with E-state index in [9.17, 15) is 4.79 Å². The summed E-state index contributed by atoms with van der Waals surface area (Å²) < 4.78 is 5.73. The van der Waals surface area contributed by atoms with Gasteiger partial charge in [0.15, 0.2) is 0 Å². The zero-order valence-electron chi connectivity index (χ0n) is 12.9. The molecule has 0 radical (unpaired) electrons.